The van der Waals surface area contributed by atoms with Gasteiger partial charge in [-0.2, -0.15) is 0 Å². The molecule has 1 saturated heterocycles. The average Bonchev–Trinajstić information content (AvgIpc) is 2.70. The van der Waals surface area contributed by atoms with Crippen LogP contribution in [0.5, 0.6) is 0 Å². The van der Waals surface area contributed by atoms with Gasteiger partial charge in [-0.1, -0.05) is 0 Å². The zero-order valence-corrected chi connectivity index (χ0v) is 19.9. The molecule has 2 amide bonds. The van der Waals surface area contributed by atoms with Crippen LogP contribution in [0.25, 0.3) is 0 Å². The first-order valence-corrected chi connectivity index (χ1v) is 11.1. The molecule has 0 aliphatic carbocycles. The highest BCUT2D eigenvalue weighted by molar-refractivity contribution is 9.10. The topological polar surface area (TPSA) is 91.5 Å². The number of ether oxygens (including phenoxy) is 1. The maximum absolute atomic E-state index is 13.0. The van der Waals surface area contributed by atoms with Gasteiger partial charge in [-0.05, 0) is 78.9 Å². The lowest BCUT2D eigenvalue weighted by atomic mass is 10.0. The Labute approximate surface area is 190 Å². The fourth-order valence-electron chi connectivity index (χ4n) is 4.11. The van der Waals surface area contributed by atoms with Gasteiger partial charge in [-0.25, -0.2) is 0 Å². The first kappa shape index (κ1) is 23.2. The lowest BCUT2D eigenvalue weighted by Crippen LogP contribution is -2.43. The molecule has 1 aliphatic rings. The van der Waals surface area contributed by atoms with Crippen molar-refractivity contribution in [1.82, 2.24) is 10.3 Å². The first-order valence-electron chi connectivity index (χ1n) is 10.3. The molecule has 31 heavy (non-hydrogen) atoms. The molecule has 0 unspecified atom stereocenters. The molecule has 0 atom stereocenters. The normalized spacial score (nSPS) is 14.4. The Bertz CT molecular complexity index is 1060. The van der Waals surface area contributed by atoms with Crippen LogP contribution in [0.1, 0.15) is 52.5 Å². The second-order valence-corrected chi connectivity index (χ2v) is 8.78. The summed E-state index contributed by atoms with van der Waals surface area (Å²) in [6.45, 7) is 8.40. The number of nitrogens with one attached hydrogen (secondary N) is 2. The van der Waals surface area contributed by atoms with E-state index in [0.29, 0.717) is 35.6 Å². The zero-order chi connectivity index (χ0) is 22.7. The van der Waals surface area contributed by atoms with E-state index in [-0.39, 0.29) is 30.0 Å². The number of pyridine rings is 1. The molecule has 1 aliphatic heterocycles. The van der Waals surface area contributed by atoms with Crippen LogP contribution in [0.4, 0.5) is 5.69 Å². The van der Waals surface area contributed by atoms with Crippen LogP contribution in [0.15, 0.2) is 27.5 Å². The van der Waals surface area contributed by atoms with Crippen molar-refractivity contribution in [2.45, 2.75) is 53.1 Å². The van der Waals surface area contributed by atoms with Crippen LogP contribution >= 0.6 is 15.9 Å². The Morgan fingerprint density at radius 3 is 2.52 bits per heavy atom. The van der Waals surface area contributed by atoms with Crippen molar-refractivity contribution in [2.75, 3.05) is 18.1 Å². The van der Waals surface area contributed by atoms with Gasteiger partial charge in [0.15, 0.2) is 0 Å². The number of carbonyl (C=O) groups excluding carboxylic acids is 2. The van der Waals surface area contributed by atoms with Crippen molar-refractivity contribution in [3.63, 3.8) is 0 Å². The van der Waals surface area contributed by atoms with Crippen molar-refractivity contribution in [3.8, 4) is 0 Å². The molecular weight excluding hydrogens is 462 g/mol. The Morgan fingerprint density at radius 2 is 1.90 bits per heavy atom. The average molecular weight is 490 g/mol. The number of hydrogen-bond acceptors (Lipinski definition) is 4. The number of aryl methyl sites for hydroxylation is 2. The monoisotopic (exact) mass is 489 g/mol. The van der Waals surface area contributed by atoms with Crippen LogP contribution in [-0.2, 0) is 16.1 Å². The molecule has 0 saturated carbocycles. The maximum Gasteiger partial charge on any atom is 0.253 e. The van der Waals surface area contributed by atoms with Crippen molar-refractivity contribution in [1.29, 1.82) is 0 Å². The minimum absolute atomic E-state index is 0.0216. The zero-order valence-electron chi connectivity index (χ0n) is 18.3. The molecule has 1 fully saturated rings. The fraction of sp³-hybridized carbons (Fsp3) is 0.435. The number of benzene rings is 1. The lowest BCUT2D eigenvalue weighted by molar-refractivity contribution is -0.117. The summed E-state index contributed by atoms with van der Waals surface area (Å²) in [5.41, 5.74) is 3.83. The van der Waals surface area contributed by atoms with Gasteiger partial charge in [0.05, 0.1) is 5.69 Å². The highest BCUT2D eigenvalue weighted by Gasteiger charge is 2.29. The van der Waals surface area contributed by atoms with Gasteiger partial charge in [-0.3, -0.25) is 14.4 Å². The number of rotatable bonds is 5. The fourth-order valence-corrected chi connectivity index (χ4v) is 4.74. The second-order valence-electron chi connectivity index (χ2n) is 7.93. The number of H-pyrrole nitrogens is 1. The van der Waals surface area contributed by atoms with E-state index in [2.05, 4.69) is 26.2 Å². The Balaban J connectivity index is 1.90. The van der Waals surface area contributed by atoms with E-state index in [1.165, 1.54) is 0 Å². The molecule has 0 radical (unpaired) electrons. The van der Waals surface area contributed by atoms with E-state index in [0.717, 1.165) is 28.6 Å². The molecule has 0 spiro atoms. The SMILES string of the molecule is CC(=O)N(c1c(Br)ccc(C(=O)NCc2c(C)cc(C)[nH]c2=O)c1C)C1CCOCC1. The summed E-state index contributed by atoms with van der Waals surface area (Å²) in [7, 11) is 0. The summed E-state index contributed by atoms with van der Waals surface area (Å²) < 4.78 is 6.21. The van der Waals surface area contributed by atoms with Crippen LogP contribution in [0.2, 0.25) is 0 Å². The number of halogens is 1. The number of anilines is 1. The number of nitrogens with zero attached hydrogens (tertiary/aromatic N) is 1. The van der Waals surface area contributed by atoms with E-state index in [1.54, 1.807) is 24.0 Å². The largest absolute Gasteiger partial charge is 0.381 e. The molecule has 3 rings (SSSR count). The molecule has 0 bridgehead atoms. The Kier molecular flexibility index (Phi) is 7.33. The molecule has 2 aromatic rings. The smallest absolute Gasteiger partial charge is 0.253 e. The van der Waals surface area contributed by atoms with Gasteiger partial charge < -0.3 is 19.9 Å². The van der Waals surface area contributed by atoms with E-state index >= 15 is 0 Å². The van der Waals surface area contributed by atoms with Crippen LogP contribution in [0.3, 0.4) is 0 Å². The quantitative estimate of drug-likeness (QED) is 0.671. The Hall–Kier alpha value is -2.45. The van der Waals surface area contributed by atoms with Crippen LogP contribution in [-0.4, -0.2) is 36.1 Å². The van der Waals surface area contributed by atoms with E-state index in [9.17, 15) is 14.4 Å². The third kappa shape index (κ3) is 5.07. The van der Waals surface area contributed by atoms with Crippen LogP contribution in [0, 0.1) is 20.8 Å². The predicted molar refractivity (Wildman–Crippen MR) is 124 cm³/mol. The van der Waals surface area contributed by atoms with Crippen molar-refractivity contribution >= 4 is 33.4 Å². The highest BCUT2D eigenvalue weighted by atomic mass is 79.9. The Morgan fingerprint density at radius 1 is 1.23 bits per heavy atom. The van der Waals surface area contributed by atoms with E-state index in [4.69, 9.17) is 4.74 Å². The predicted octanol–water partition coefficient (Wildman–Crippen LogP) is 3.52. The van der Waals surface area contributed by atoms with Gasteiger partial charge in [0.25, 0.3) is 11.5 Å². The summed E-state index contributed by atoms with van der Waals surface area (Å²) in [5, 5.41) is 2.85. The summed E-state index contributed by atoms with van der Waals surface area (Å²) in [6, 6.07) is 5.42. The highest BCUT2D eigenvalue weighted by Crippen LogP contribution is 2.35. The standard InChI is InChI=1S/C23H28BrN3O4/c1-13-11-14(2)26-23(30)19(13)12-25-22(29)18-5-6-20(24)21(15(18)3)27(16(4)28)17-7-9-31-10-8-17/h5-6,11,17H,7-10,12H2,1-4H3,(H,25,29)(H,26,30). The minimum atomic E-state index is -0.291. The molecular formula is C23H28BrN3O4. The number of aromatic nitrogens is 1. The minimum Gasteiger partial charge on any atom is -0.381 e. The molecule has 2 heterocycles. The van der Waals surface area contributed by atoms with Gasteiger partial charge in [0, 0.05) is 54.0 Å². The van der Waals surface area contributed by atoms with Gasteiger partial charge in [0.1, 0.15) is 0 Å². The third-order valence-electron chi connectivity index (χ3n) is 5.68. The maximum atomic E-state index is 13.0. The summed E-state index contributed by atoms with van der Waals surface area (Å²) >= 11 is 3.57. The second kappa shape index (κ2) is 9.78. The van der Waals surface area contributed by atoms with Crippen molar-refractivity contribution < 1.29 is 14.3 Å². The molecule has 7 nitrogen and oxygen atoms in total. The van der Waals surface area contributed by atoms with Gasteiger partial charge in [0.2, 0.25) is 5.91 Å². The van der Waals surface area contributed by atoms with Gasteiger partial charge >= 0.3 is 0 Å². The third-order valence-corrected chi connectivity index (χ3v) is 6.32. The summed E-state index contributed by atoms with van der Waals surface area (Å²) in [5.74, 6) is -0.365. The number of aromatic amines is 1. The van der Waals surface area contributed by atoms with Crippen molar-refractivity contribution in [2.24, 2.45) is 0 Å². The van der Waals surface area contributed by atoms with E-state index in [1.807, 2.05) is 26.8 Å². The first-order chi connectivity index (χ1) is 14.7. The molecule has 8 heteroatoms. The molecule has 166 valence electrons. The van der Waals surface area contributed by atoms with E-state index < -0.39 is 0 Å². The summed E-state index contributed by atoms with van der Waals surface area (Å²) in [4.78, 5) is 42.4. The molecule has 2 N–H and O–H groups in total. The van der Waals surface area contributed by atoms with Crippen molar-refractivity contribution in [3.05, 3.63) is 61.0 Å². The number of carbonyl (C=O) groups is 2. The number of amides is 2. The summed E-state index contributed by atoms with van der Waals surface area (Å²) in [6.07, 6.45) is 1.49. The van der Waals surface area contributed by atoms with Gasteiger partial charge in [-0.15, -0.1) is 0 Å². The van der Waals surface area contributed by atoms with Crippen LogP contribution < -0.4 is 15.8 Å². The lowest BCUT2D eigenvalue weighted by Gasteiger charge is -2.35. The number of hydrogen-bond donors (Lipinski definition) is 2. The molecule has 1 aromatic heterocycles. The molecule has 1 aromatic carbocycles.